The van der Waals surface area contributed by atoms with E-state index in [-0.39, 0.29) is 12.4 Å². The number of nitrogens with zero attached hydrogens (tertiary/aromatic N) is 3. The van der Waals surface area contributed by atoms with Gasteiger partial charge in [-0.25, -0.2) is 12.8 Å². The first-order valence-electron chi connectivity index (χ1n) is 7.84. The Morgan fingerprint density at radius 2 is 1.96 bits per heavy atom. The maximum absolute atomic E-state index is 13.2. The van der Waals surface area contributed by atoms with Crippen molar-refractivity contribution in [2.45, 2.75) is 26.9 Å². The van der Waals surface area contributed by atoms with Gasteiger partial charge in [0.05, 0.1) is 17.9 Å². The molecule has 0 fully saturated rings. The molecule has 0 saturated heterocycles. The molecule has 0 unspecified atom stereocenters. The van der Waals surface area contributed by atoms with Gasteiger partial charge in [-0.05, 0) is 41.8 Å². The van der Waals surface area contributed by atoms with Crippen LogP contribution in [0.25, 0.3) is 11.3 Å². The molecule has 7 heteroatoms. The Kier molecular flexibility index (Phi) is 4.56. The molecule has 5 nitrogen and oxygen atoms in total. The fraction of sp³-hybridized carbons (Fsp3) is 0.353. The molecule has 0 bridgehead atoms. The van der Waals surface area contributed by atoms with E-state index in [1.165, 1.54) is 21.8 Å². The van der Waals surface area contributed by atoms with E-state index < -0.39 is 10.0 Å². The minimum atomic E-state index is -3.33. The zero-order valence-electron chi connectivity index (χ0n) is 13.7. The van der Waals surface area contributed by atoms with Gasteiger partial charge in [0.15, 0.2) is 0 Å². The van der Waals surface area contributed by atoms with Crippen LogP contribution in [0.3, 0.4) is 0 Å². The van der Waals surface area contributed by atoms with E-state index in [9.17, 15) is 12.8 Å². The van der Waals surface area contributed by atoms with E-state index in [0.717, 1.165) is 11.3 Å². The second-order valence-corrected chi connectivity index (χ2v) is 8.13. The lowest BCUT2D eigenvalue weighted by molar-refractivity contribution is 0.438. The molecule has 0 amide bonds. The summed E-state index contributed by atoms with van der Waals surface area (Å²) in [5.74, 6) is 0.0947. The van der Waals surface area contributed by atoms with E-state index in [4.69, 9.17) is 0 Å². The Hall–Kier alpha value is -1.99. The monoisotopic (exact) mass is 349 g/mol. The Morgan fingerprint density at radius 1 is 1.25 bits per heavy atom. The Labute approximate surface area is 141 Å². The van der Waals surface area contributed by atoms with Crippen LogP contribution in [0.15, 0.2) is 41.8 Å². The van der Waals surface area contributed by atoms with Crippen LogP contribution in [0.1, 0.15) is 19.5 Å². The zero-order chi connectivity index (χ0) is 17.3. The average Bonchev–Trinajstić information content (AvgIpc) is 3.03. The molecule has 0 aliphatic carbocycles. The molecule has 1 aromatic heterocycles. The Morgan fingerprint density at radius 3 is 2.54 bits per heavy atom. The first kappa shape index (κ1) is 16.9. The maximum Gasteiger partial charge on any atom is 0.236 e. The molecule has 128 valence electrons. The molecule has 1 aliphatic heterocycles. The summed E-state index contributed by atoms with van der Waals surface area (Å²) in [4.78, 5) is 0. The summed E-state index contributed by atoms with van der Waals surface area (Å²) in [7, 11) is -3.33. The average molecular weight is 349 g/mol. The minimum Gasteiger partial charge on any atom is -0.264 e. The molecule has 3 rings (SSSR count). The van der Waals surface area contributed by atoms with E-state index >= 15 is 0 Å². The highest BCUT2D eigenvalue weighted by atomic mass is 32.2. The van der Waals surface area contributed by atoms with Gasteiger partial charge in [-0.1, -0.05) is 19.9 Å². The van der Waals surface area contributed by atoms with Crippen molar-refractivity contribution in [3.8, 4) is 11.3 Å². The van der Waals surface area contributed by atoms with Crippen LogP contribution in [0.5, 0.6) is 0 Å². The lowest BCUT2D eigenvalue weighted by Crippen LogP contribution is -2.25. The standard InChI is InChI=1S/C17H20FN3O2S/c1-13(2)11-21-17(14-4-6-15(18)7-5-14)10-16(19-21)12-20-8-3-9-24(20,22)23/h3-7,9-10,13H,8,11-12H2,1-2H3. The highest BCUT2D eigenvalue weighted by molar-refractivity contribution is 7.92. The summed E-state index contributed by atoms with van der Waals surface area (Å²) in [6.45, 7) is 5.48. The highest BCUT2D eigenvalue weighted by Crippen LogP contribution is 2.24. The predicted molar refractivity (Wildman–Crippen MR) is 90.9 cm³/mol. The third kappa shape index (κ3) is 3.57. The van der Waals surface area contributed by atoms with Crippen LogP contribution in [0.2, 0.25) is 0 Å². The van der Waals surface area contributed by atoms with Crippen molar-refractivity contribution in [2.24, 2.45) is 5.92 Å². The summed E-state index contributed by atoms with van der Waals surface area (Å²) in [6.07, 6.45) is 1.63. The van der Waals surface area contributed by atoms with Gasteiger partial charge in [-0.2, -0.15) is 9.40 Å². The first-order chi connectivity index (χ1) is 11.3. The number of halogens is 1. The van der Waals surface area contributed by atoms with Gasteiger partial charge < -0.3 is 0 Å². The topological polar surface area (TPSA) is 55.2 Å². The van der Waals surface area contributed by atoms with Crippen LogP contribution >= 0.6 is 0 Å². The number of hydrogen-bond donors (Lipinski definition) is 0. The molecule has 2 heterocycles. The van der Waals surface area contributed by atoms with Crippen LogP contribution in [0.4, 0.5) is 4.39 Å². The minimum absolute atomic E-state index is 0.231. The summed E-state index contributed by atoms with van der Waals surface area (Å²) in [6, 6.07) is 8.12. The van der Waals surface area contributed by atoms with Crippen LogP contribution in [0, 0.1) is 11.7 Å². The molecule has 2 aromatic rings. The van der Waals surface area contributed by atoms with E-state index in [0.29, 0.717) is 24.7 Å². The molecule has 24 heavy (non-hydrogen) atoms. The third-order valence-corrected chi connectivity index (χ3v) is 5.32. The van der Waals surface area contributed by atoms with Crippen LogP contribution < -0.4 is 0 Å². The third-order valence-electron chi connectivity index (χ3n) is 3.78. The van der Waals surface area contributed by atoms with Gasteiger partial charge in [0.2, 0.25) is 10.0 Å². The molecular formula is C17H20FN3O2S. The normalized spacial score (nSPS) is 17.0. The van der Waals surface area contributed by atoms with Crippen molar-refractivity contribution in [1.82, 2.24) is 14.1 Å². The van der Waals surface area contributed by atoms with E-state index in [1.54, 1.807) is 18.2 Å². The Bertz CT molecular complexity index is 854. The number of aromatic nitrogens is 2. The predicted octanol–water partition coefficient (Wildman–Crippen LogP) is 3.00. The fourth-order valence-corrected chi connectivity index (χ4v) is 3.80. The van der Waals surface area contributed by atoms with Crippen molar-refractivity contribution < 1.29 is 12.8 Å². The van der Waals surface area contributed by atoms with Crippen molar-refractivity contribution in [3.05, 3.63) is 53.3 Å². The second-order valence-electron chi connectivity index (χ2n) is 6.31. The van der Waals surface area contributed by atoms with Crippen molar-refractivity contribution in [2.75, 3.05) is 6.54 Å². The maximum atomic E-state index is 13.2. The molecule has 1 aliphatic rings. The summed E-state index contributed by atoms with van der Waals surface area (Å²) < 4.78 is 40.2. The van der Waals surface area contributed by atoms with Gasteiger partial charge in [-0.3, -0.25) is 4.68 Å². The fourth-order valence-electron chi connectivity index (χ4n) is 2.69. The number of benzene rings is 1. The number of sulfonamides is 1. The number of rotatable bonds is 5. The van der Waals surface area contributed by atoms with Crippen LogP contribution in [-0.4, -0.2) is 29.0 Å². The summed E-state index contributed by atoms with van der Waals surface area (Å²) >= 11 is 0. The summed E-state index contributed by atoms with van der Waals surface area (Å²) in [5.41, 5.74) is 2.41. The lowest BCUT2D eigenvalue weighted by atomic mass is 10.1. The molecular weight excluding hydrogens is 329 g/mol. The largest absolute Gasteiger partial charge is 0.264 e. The lowest BCUT2D eigenvalue weighted by Gasteiger charge is -2.12. The number of hydrogen-bond acceptors (Lipinski definition) is 3. The Balaban J connectivity index is 1.93. The van der Waals surface area contributed by atoms with Crippen molar-refractivity contribution in [1.29, 1.82) is 0 Å². The smallest absolute Gasteiger partial charge is 0.236 e. The van der Waals surface area contributed by atoms with Crippen LogP contribution in [-0.2, 0) is 23.1 Å². The van der Waals surface area contributed by atoms with Gasteiger partial charge in [0.25, 0.3) is 0 Å². The zero-order valence-corrected chi connectivity index (χ0v) is 14.5. The summed E-state index contributed by atoms with van der Waals surface area (Å²) in [5, 5.41) is 5.79. The van der Waals surface area contributed by atoms with Gasteiger partial charge in [0.1, 0.15) is 5.82 Å². The van der Waals surface area contributed by atoms with Crippen molar-refractivity contribution in [3.63, 3.8) is 0 Å². The molecule has 0 atom stereocenters. The second kappa shape index (κ2) is 6.49. The van der Waals surface area contributed by atoms with Crippen molar-refractivity contribution >= 4 is 10.0 Å². The SMILES string of the molecule is CC(C)Cn1nc(CN2CC=CS2(=O)=O)cc1-c1ccc(F)cc1. The van der Waals surface area contributed by atoms with Gasteiger partial charge in [0, 0.05) is 18.5 Å². The van der Waals surface area contributed by atoms with Gasteiger partial charge in [-0.15, -0.1) is 0 Å². The molecule has 0 saturated carbocycles. The van der Waals surface area contributed by atoms with E-state index in [1.807, 2.05) is 10.7 Å². The molecule has 0 radical (unpaired) electrons. The van der Waals surface area contributed by atoms with Gasteiger partial charge >= 0.3 is 0 Å². The quantitative estimate of drug-likeness (QED) is 0.834. The van der Waals surface area contributed by atoms with E-state index in [2.05, 4.69) is 18.9 Å². The molecule has 1 aromatic carbocycles. The first-order valence-corrected chi connectivity index (χ1v) is 9.35. The molecule has 0 spiro atoms. The highest BCUT2D eigenvalue weighted by Gasteiger charge is 2.24. The molecule has 0 N–H and O–H groups in total.